The molecule has 0 aliphatic carbocycles. The number of nitrogens with one attached hydrogen (secondary N) is 2. The van der Waals surface area contributed by atoms with Gasteiger partial charge >= 0.3 is 11.9 Å². The van der Waals surface area contributed by atoms with Gasteiger partial charge in [0.2, 0.25) is 0 Å². The monoisotopic (exact) mass is 692 g/mol. The third-order valence-electron chi connectivity index (χ3n) is 8.19. The van der Waals surface area contributed by atoms with E-state index in [-0.39, 0.29) is 23.8 Å². The number of esters is 2. The minimum absolute atomic E-state index is 0.304. The normalized spacial score (nSPS) is 10.6. The van der Waals surface area contributed by atoms with Crippen molar-refractivity contribution < 1.29 is 33.4 Å². The van der Waals surface area contributed by atoms with E-state index in [9.17, 15) is 19.2 Å². The maximum Gasteiger partial charge on any atom is 0.338 e. The van der Waals surface area contributed by atoms with Gasteiger partial charge < -0.3 is 24.8 Å². The molecule has 51 heavy (non-hydrogen) atoms. The second-order valence-electron chi connectivity index (χ2n) is 12.3. The summed E-state index contributed by atoms with van der Waals surface area (Å²) in [4.78, 5) is 50.2. The van der Waals surface area contributed by atoms with E-state index < -0.39 is 0 Å². The van der Waals surface area contributed by atoms with Gasteiger partial charge in [0, 0.05) is 22.5 Å². The molecule has 0 saturated carbocycles. The van der Waals surface area contributed by atoms with Gasteiger partial charge in [0.15, 0.2) is 0 Å². The van der Waals surface area contributed by atoms with Crippen molar-refractivity contribution in [3.8, 4) is 11.5 Å². The molecule has 4 rings (SSSR count). The molecule has 9 heteroatoms. The Morgan fingerprint density at radius 3 is 1.12 bits per heavy atom. The van der Waals surface area contributed by atoms with Crippen molar-refractivity contribution in [2.24, 2.45) is 0 Å². The maximum atomic E-state index is 12.8. The number of amides is 2. The van der Waals surface area contributed by atoms with Gasteiger partial charge in [-0.1, -0.05) is 65.2 Å². The Labute approximate surface area is 300 Å². The van der Waals surface area contributed by atoms with E-state index in [1.807, 2.05) is 0 Å². The minimum atomic E-state index is -0.373. The fourth-order valence-electron chi connectivity index (χ4n) is 5.18. The van der Waals surface area contributed by atoms with Gasteiger partial charge in [0.05, 0.1) is 24.3 Å². The molecule has 0 unspecified atom stereocenters. The second-order valence-corrected chi connectivity index (χ2v) is 12.3. The summed E-state index contributed by atoms with van der Waals surface area (Å²) in [6, 6.07) is 26.6. The van der Waals surface area contributed by atoms with Crippen molar-refractivity contribution in [1.29, 1.82) is 0 Å². The van der Waals surface area contributed by atoms with Crippen LogP contribution in [0.5, 0.6) is 11.5 Å². The number of benzene rings is 4. The molecule has 0 atom stereocenters. The first-order valence-corrected chi connectivity index (χ1v) is 17.9. The van der Waals surface area contributed by atoms with Gasteiger partial charge in [0.25, 0.3) is 11.8 Å². The quantitative estimate of drug-likeness (QED) is 0.0699. The van der Waals surface area contributed by atoms with Crippen LogP contribution >= 0.6 is 0 Å². The molecule has 0 saturated heterocycles. The van der Waals surface area contributed by atoms with Crippen molar-refractivity contribution in [3.05, 3.63) is 119 Å². The van der Waals surface area contributed by atoms with E-state index >= 15 is 0 Å². The molecule has 0 aliphatic rings. The molecule has 0 heterocycles. The summed E-state index contributed by atoms with van der Waals surface area (Å²) in [6.45, 7) is 5.13. The molecule has 0 aromatic heterocycles. The van der Waals surface area contributed by atoms with Crippen LogP contribution in [-0.4, -0.2) is 37.0 Å². The smallest absolute Gasteiger partial charge is 0.338 e. The van der Waals surface area contributed by atoms with Gasteiger partial charge in [-0.2, -0.15) is 0 Å². The first-order valence-electron chi connectivity index (χ1n) is 17.9. The topological polar surface area (TPSA) is 120 Å². The van der Waals surface area contributed by atoms with Crippen LogP contribution in [-0.2, 0) is 9.47 Å². The number of anilines is 2. The van der Waals surface area contributed by atoms with Crippen LogP contribution < -0.4 is 15.4 Å². The van der Waals surface area contributed by atoms with Crippen molar-refractivity contribution in [2.45, 2.75) is 78.1 Å². The maximum absolute atomic E-state index is 12.8. The molecule has 0 bridgehead atoms. The molecule has 9 nitrogen and oxygen atoms in total. The Bertz CT molecular complexity index is 1560. The van der Waals surface area contributed by atoms with Gasteiger partial charge in [-0.15, -0.1) is 0 Å². The van der Waals surface area contributed by atoms with Gasteiger partial charge in [0.1, 0.15) is 11.5 Å². The minimum Gasteiger partial charge on any atom is -0.462 e. The number of ether oxygens (including phenoxy) is 3. The summed E-state index contributed by atoms with van der Waals surface area (Å²) in [5.74, 6) is -0.312. The average Bonchev–Trinajstić information content (AvgIpc) is 3.15. The highest BCUT2D eigenvalue weighted by Crippen LogP contribution is 2.23. The van der Waals surface area contributed by atoms with Crippen LogP contribution in [0.1, 0.15) is 119 Å². The number of rotatable bonds is 20. The summed E-state index contributed by atoms with van der Waals surface area (Å²) in [5.41, 5.74) is 2.85. The van der Waals surface area contributed by atoms with E-state index in [2.05, 4.69) is 24.5 Å². The molecule has 0 fully saturated rings. The third kappa shape index (κ3) is 13.1. The zero-order chi connectivity index (χ0) is 36.3. The first kappa shape index (κ1) is 38.4. The number of unbranched alkanes of at least 4 members (excludes halogenated alkanes) is 8. The van der Waals surface area contributed by atoms with Crippen molar-refractivity contribution in [2.75, 3.05) is 23.8 Å². The van der Waals surface area contributed by atoms with Crippen LogP contribution in [0, 0.1) is 0 Å². The Kier molecular flexibility index (Phi) is 15.7. The molecule has 0 spiro atoms. The number of carbonyl (C=O) groups is 4. The zero-order valence-corrected chi connectivity index (χ0v) is 29.6. The third-order valence-corrected chi connectivity index (χ3v) is 8.19. The Morgan fingerprint density at radius 1 is 0.431 bits per heavy atom. The van der Waals surface area contributed by atoms with E-state index in [1.165, 1.54) is 25.7 Å². The Morgan fingerprint density at radius 2 is 0.765 bits per heavy atom. The van der Waals surface area contributed by atoms with Gasteiger partial charge in [-0.3, -0.25) is 9.59 Å². The van der Waals surface area contributed by atoms with Crippen LogP contribution in [0.25, 0.3) is 0 Å². The second kappa shape index (κ2) is 20.9. The highest BCUT2D eigenvalue weighted by Gasteiger charge is 2.12. The van der Waals surface area contributed by atoms with Crippen LogP contribution in [0.3, 0.4) is 0 Å². The summed E-state index contributed by atoms with van der Waals surface area (Å²) in [6.07, 6.45) is 10.8. The van der Waals surface area contributed by atoms with E-state index in [0.29, 0.717) is 58.3 Å². The molecule has 4 aromatic carbocycles. The fourth-order valence-corrected chi connectivity index (χ4v) is 5.18. The summed E-state index contributed by atoms with van der Waals surface area (Å²) >= 11 is 0. The highest BCUT2D eigenvalue weighted by atomic mass is 16.5. The lowest BCUT2D eigenvalue weighted by atomic mass is 10.1. The lowest BCUT2D eigenvalue weighted by Crippen LogP contribution is -2.12. The molecule has 268 valence electrons. The lowest BCUT2D eigenvalue weighted by molar-refractivity contribution is 0.0488. The first-order chi connectivity index (χ1) is 24.9. The standard InChI is InChI=1S/C42H48N2O7/c1-3-5-7-9-11-29-49-41(47)33-13-21-35(22-14-33)43-39(45)31-17-25-37(26-18-31)51-38-27-19-32(20-28-38)40(46)44-36-23-15-34(16-24-36)42(48)50-30-12-10-8-6-4-2/h13-28H,3-12,29-30H2,1-2H3,(H,43,45)(H,44,46). The summed E-state index contributed by atoms with van der Waals surface area (Å²) < 4.78 is 16.6. The van der Waals surface area contributed by atoms with Crippen molar-refractivity contribution in [3.63, 3.8) is 0 Å². The predicted molar refractivity (Wildman–Crippen MR) is 200 cm³/mol. The zero-order valence-electron chi connectivity index (χ0n) is 29.6. The lowest BCUT2D eigenvalue weighted by Gasteiger charge is -2.10. The predicted octanol–water partition coefficient (Wildman–Crippen LogP) is 10.2. The molecule has 0 radical (unpaired) electrons. The molecule has 2 amide bonds. The fraction of sp³-hybridized carbons (Fsp3) is 0.333. The summed E-state index contributed by atoms with van der Waals surface area (Å²) in [7, 11) is 0. The molecule has 4 aromatic rings. The summed E-state index contributed by atoms with van der Waals surface area (Å²) in [5, 5.41) is 5.66. The molecule has 2 N–H and O–H groups in total. The van der Waals surface area contributed by atoms with Crippen LogP contribution in [0.4, 0.5) is 11.4 Å². The molecule has 0 aliphatic heterocycles. The number of hydrogen-bond donors (Lipinski definition) is 2. The Balaban J connectivity index is 1.19. The molecular formula is C42H48N2O7. The van der Waals surface area contributed by atoms with E-state index in [4.69, 9.17) is 14.2 Å². The van der Waals surface area contributed by atoms with E-state index in [0.717, 1.165) is 38.5 Å². The molecular weight excluding hydrogens is 644 g/mol. The van der Waals surface area contributed by atoms with Crippen molar-refractivity contribution in [1.82, 2.24) is 0 Å². The number of carbonyl (C=O) groups excluding carboxylic acids is 4. The van der Waals surface area contributed by atoms with Crippen LogP contribution in [0.15, 0.2) is 97.1 Å². The number of hydrogen-bond acceptors (Lipinski definition) is 7. The SMILES string of the molecule is CCCCCCCOC(=O)c1ccc(NC(=O)c2ccc(Oc3ccc(C(=O)Nc4ccc(C(=O)OCCCCCCC)cc4)cc3)cc2)cc1. The van der Waals surface area contributed by atoms with Crippen LogP contribution in [0.2, 0.25) is 0 Å². The van der Waals surface area contributed by atoms with Gasteiger partial charge in [-0.25, -0.2) is 9.59 Å². The van der Waals surface area contributed by atoms with E-state index in [1.54, 1.807) is 97.1 Å². The highest BCUT2D eigenvalue weighted by molar-refractivity contribution is 6.05. The average molecular weight is 693 g/mol. The largest absolute Gasteiger partial charge is 0.462 e. The Hall–Kier alpha value is -5.44. The van der Waals surface area contributed by atoms with Crippen molar-refractivity contribution >= 4 is 35.1 Å². The van der Waals surface area contributed by atoms with Gasteiger partial charge in [-0.05, 0) is 110 Å².